The summed E-state index contributed by atoms with van der Waals surface area (Å²) in [4.78, 5) is 23.8. The second-order valence-electron chi connectivity index (χ2n) is 6.25. The molecule has 1 unspecified atom stereocenters. The quantitative estimate of drug-likeness (QED) is 0.600. The fourth-order valence-electron chi connectivity index (χ4n) is 2.63. The number of carboxylic acid groups (broad SMARTS) is 2. The van der Waals surface area contributed by atoms with Crippen LogP contribution in [0.15, 0.2) is 42.5 Å². The summed E-state index contributed by atoms with van der Waals surface area (Å²) >= 11 is 0. The van der Waals surface area contributed by atoms with Crippen molar-refractivity contribution in [2.75, 3.05) is 39.8 Å². The molecule has 0 bridgehead atoms. The molecule has 3 N–H and O–H groups in total. The molecule has 1 aromatic rings. The predicted octanol–water partition coefficient (Wildman–Crippen LogP) is 1.46. The molecule has 0 amide bonds. The molecule has 1 atom stereocenters. The highest BCUT2D eigenvalue weighted by molar-refractivity contribution is 5.89. The van der Waals surface area contributed by atoms with E-state index in [1.807, 2.05) is 30.3 Å². The van der Waals surface area contributed by atoms with Gasteiger partial charge in [-0.05, 0) is 38.5 Å². The van der Waals surface area contributed by atoms with Gasteiger partial charge in [-0.25, -0.2) is 9.59 Å². The molecule has 0 aliphatic carbocycles. The van der Waals surface area contributed by atoms with Crippen molar-refractivity contribution >= 4 is 11.9 Å². The van der Waals surface area contributed by atoms with E-state index in [4.69, 9.17) is 10.2 Å². The van der Waals surface area contributed by atoms with Gasteiger partial charge in [-0.3, -0.25) is 0 Å². The van der Waals surface area contributed by atoms with Gasteiger partial charge in [0.15, 0.2) is 0 Å². The molecular weight excluding hydrogens is 336 g/mol. The van der Waals surface area contributed by atoms with Crippen molar-refractivity contribution in [2.45, 2.75) is 18.9 Å². The highest BCUT2D eigenvalue weighted by Crippen LogP contribution is 2.13. The average molecular weight is 364 g/mol. The fourth-order valence-corrected chi connectivity index (χ4v) is 2.63. The van der Waals surface area contributed by atoms with Crippen LogP contribution in [0.4, 0.5) is 0 Å². The number of nitrogens with zero attached hydrogens (tertiary/aromatic N) is 2. The van der Waals surface area contributed by atoms with Crippen molar-refractivity contribution in [3.8, 4) is 0 Å². The summed E-state index contributed by atoms with van der Waals surface area (Å²) in [7, 11) is 2.09. The fraction of sp³-hybridized carbons (Fsp3) is 0.474. The summed E-state index contributed by atoms with van der Waals surface area (Å²) in [5.41, 5.74) is 1.01. The zero-order valence-electron chi connectivity index (χ0n) is 15.1. The Morgan fingerprint density at radius 1 is 1.12 bits per heavy atom. The Kier molecular flexibility index (Phi) is 10.2. The van der Waals surface area contributed by atoms with Crippen molar-refractivity contribution in [2.24, 2.45) is 0 Å². The largest absolute Gasteiger partial charge is 0.478 e. The summed E-state index contributed by atoms with van der Waals surface area (Å²) in [6, 6.07) is 9.90. The molecule has 26 heavy (non-hydrogen) atoms. The van der Waals surface area contributed by atoms with Gasteiger partial charge in [-0.15, -0.1) is 0 Å². The van der Waals surface area contributed by atoms with Crippen LogP contribution >= 0.6 is 0 Å². The SMILES string of the molecule is CN(CCN1CCCC1)CC(O)c1ccccc1.O=C(O)/C=C/C(=O)O. The van der Waals surface area contributed by atoms with Crippen LogP contribution < -0.4 is 0 Å². The van der Waals surface area contributed by atoms with Crippen molar-refractivity contribution in [3.05, 3.63) is 48.0 Å². The first-order chi connectivity index (χ1) is 12.4. The first kappa shape index (κ1) is 21.8. The highest BCUT2D eigenvalue weighted by atomic mass is 16.4. The Morgan fingerprint density at radius 2 is 1.65 bits per heavy atom. The van der Waals surface area contributed by atoms with Gasteiger partial charge < -0.3 is 25.1 Å². The minimum Gasteiger partial charge on any atom is -0.478 e. The number of rotatable bonds is 8. The van der Waals surface area contributed by atoms with Gasteiger partial charge >= 0.3 is 11.9 Å². The number of carbonyl (C=O) groups is 2. The van der Waals surface area contributed by atoms with Crippen LogP contribution in [0.25, 0.3) is 0 Å². The Labute approximate surface area is 154 Å². The van der Waals surface area contributed by atoms with Gasteiger partial charge in [-0.1, -0.05) is 30.3 Å². The van der Waals surface area contributed by atoms with E-state index >= 15 is 0 Å². The first-order valence-corrected chi connectivity index (χ1v) is 8.66. The summed E-state index contributed by atoms with van der Waals surface area (Å²) in [5, 5.41) is 25.8. The van der Waals surface area contributed by atoms with Crippen LogP contribution in [-0.2, 0) is 9.59 Å². The molecule has 0 aromatic heterocycles. The number of hydrogen-bond acceptors (Lipinski definition) is 5. The molecular formula is C19H28N2O5. The molecule has 144 valence electrons. The molecule has 0 spiro atoms. The third kappa shape index (κ3) is 9.93. The predicted molar refractivity (Wildman–Crippen MR) is 99.0 cm³/mol. The van der Waals surface area contributed by atoms with Crippen LogP contribution in [0.1, 0.15) is 24.5 Å². The second kappa shape index (κ2) is 12.2. The lowest BCUT2D eigenvalue weighted by Gasteiger charge is -2.23. The maximum atomic E-state index is 10.1. The number of aliphatic hydroxyl groups excluding tert-OH is 1. The third-order valence-corrected chi connectivity index (χ3v) is 4.03. The number of aliphatic hydroxyl groups is 1. The van der Waals surface area contributed by atoms with Crippen LogP contribution in [0.5, 0.6) is 0 Å². The summed E-state index contributed by atoms with van der Waals surface area (Å²) < 4.78 is 0. The molecule has 1 heterocycles. The van der Waals surface area contributed by atoms with Crippen LogP contribution in [-0.4, -0.2) is 76.8 Å². The van der Waals surface area contributed by atoms with Gasteiger partial charge in [0.05, 0.1) is 6.10 Å². The van der Waals surface area contributed by atoms with Crippen LogP contribution in [0, 0.1) is 0 Å². The maximum absolute atomic E-state index is 10.1. The molecule has 0 saturated carbocycles. The van der Waals surface area contributed by atoms with Crippen molar-refractivity contribution in [3.63, 3.8) is 0 Å². The summed E-state index contributed by atoms with van der Waals surface area (Å²) in [6.45, 7) is 5.35. The van der Waals surface area contributed by atoms with Gasteiger partial charge in [0.25, 0.3) is 0 Å². The maximum Gasteiger partial charge on any atom is 0.328 e. The molecule has 7 heteroatoms. The summed E-state index contributed by atoms with van der Waals surface area (Å²) in [5.74, 6) is -2.51. The first-order valence-electron chi connectivity index (χ1n) is 8.66. The van der Waals surface area contributed by atoms with E-state index in [2.05, 4.69) is 16.8 Å². The van der Waals surface area contributed by atoms with Crippen LogP contribution in [0.2, 0.25) is 0 Å². The van der Waals surface area contributed by atoms with Crippen molar-refractivity contribution in [1.82, 2.24) is 9.80 Å². The van der Waals surface area contributed by atoms with E-state index in [0.717, 1.165) is 18.7 Å². The number of likely N-dealkylation sites (tertiary alicyclic amines) is 1. The highest BCUT2D eigenvalue weighted by Gasteiger charge is 2.14. The Morgan fingerprint density at radius 3 is 2.15 bits per heavy atom. The molecule has 1 aromatic carbocycles. The normalized spacial score (nSPS) is 15.7. The number of aliphatic carboxylic acids is 2. The van der Waals surface area contributed by atoms with E-state index in [-0.39, 0.29) is 6.10 Å². The lowest BCUT2D eigenvalue weighted by Crippen LogP contribution is -2.33. The zero-order valence-corrected chi connectivity index (χ0v) is 15.1. The molecule has 1 aliphatic heterocycles. The molecule has 1 aliphatic rings. The van der Waals surface area contributed by atoms with Gasteiger partial charge in [-0.2, -0.15) is 0 Å². The Bertz CT molecular complexity index is 555. The Balaban J connectivity index is 0.000000359. The number of likely N-dealkylation sites (N-methyl/N-ethyl adjacent to an activating group) is 1. The summed E-state index contributed by atoms with van der Waals surface area (Å²) in [6.07, 6.45) is 3.42. The average Bonchev–Trinajstić information content (AvgIpc) is 3.13. The van der Waals surface area contributed by atoms with E-state index in [9.17, 15) is 14.7 Å². The number of hydrogen-bond donors (Lipinski definition) is 3. The third-order valence-electron chi connectivity index (χ3n) is 4.03. The molecule has 2 rings (SSSR count). The smallest absolute Gasteiger partial charge is 0.328 e. The van der Waals surface area contributed by atoms with Gasteiger partial charge in [0.2, 0.25) is 0 Å². The van der Waals surface area contributed by atoms with E-state index in [1.165, 1.54) is 25.9 Å². The zero-order chi connectivity index (χ0) is 19.4. The topological polar surface area (TPSA) is 101 Å². The van der Waals surface area contributed by atoms with Crippen molar-refractivity contribution < 1.29 is 24.9 Å². The standard InChI is InChI=1S/C15H24N2O.C4H4O4/c1-16(11-12-17-9-5-6-10-17)13-15(18)14-7-3-2-4-8-14;5-3(6)1-2-4(7)8/h2-4,7-8,15,18H,5-6,9-13H2,1H3;1-2H,(H,5,6)(H,7,8)/b;2-1+. The van der Waals surface area contributed by atoms with Gasteiger partial charge in [0, 0.05) is 31.8 Å². The number of benzene rings is 1. The van der Waals surface area contributed by atoms with Crippen LogP contribution in [0.3, 0.4) is 0 Å². The molecule has 7 nitrogen and oxygen atoms in total. The van der Waals surface area contributed by atoms with E-state index in [0.29, 0.717) is 18.7 Å². The van der Waals surface area contributed by atoms with E-state index < -0.39 is 11.9 Å². The molecule has 1 saturated heterocycles. The van der Waals surface area contributed by atoms with Crippen molar-refractivity contribution in [1.29, 1.82) is 0 Å². The minimum absolute atomic E-state index is 0.380. The van der Waals surface area contributed by atoms with Gasteiger partial charge in [0.1, 0.15) is 0 Å². The lowest BCUT2D eigenvalue weighted by molar-refractivity contribution is -0.134. The second-order valence-corrected chi connectivity index (χ2v) is 6.25. The monoisotopic (exact) mass is 364 g/mol. The lowest BCUT2D eigenvalue weighted by atomic mass is 10.1. The molecule has 1 fully saturated rings. The molecule has 0 radical (unpaired) electrons. The Hall–Kier alpha value is -2.22. The van der Waals surface area contributed by atoms with E-state index in [1.54, 1.807) is 0 Å². The minimum atomic E-state index is -1.26. The number of carboxylic acids is 2.